The Bertz CT molecular complexity index is 374. The maximum Gasteiger partial charge on any atom is 0.0591 e. The number of para-hydroxylation sites is 1. The molecule has 1 atom stereocenters. The van der Waals surface area contributed by atoms with Crippen LogP contribution in [0.1, 0.15) is 24.4 Å². The minimum Gasteiger partial charge on any atom is -0.377 e. The molecule has 16 heavy (non-hydrogen) atoms. The third kappa shape index (κ3) is 1.59. The summed E-state index contributed by atoms with van der Waals surface area (Å²) < 4.78 is 0. The second kappa shape index (κ2) is 4.24. The van der Waals surface area contributed by atoms with E-state index < -0.39 is 0 Å². The van der Waals surface area contributed by atoms with Gasteiger partial charge in [-0.2, -0.15) is 0 Å². The molecule has 3 rings (SSSR count). The van der Waals surface area contributed by atoms with Crippen LogP contribution in [0, 0.1) is 0 Å². The van der Waals surface area contributed by atoms with E-state index in [4.69, 9.17) is 5.73 Å². The molecular weight excluding hydrogens is 222 g/mol. The monoisotopic (exact) mass is 239 g/mol. The molecule has 0 amide bonds. The summed E-state index contributed by atoms with van der Waals surface area (Å²) in [5, 5.41) is 7.02. The Balaban J connectivity index is 0.000000963. The van der Waals surface area contributed by atoms with E-state index in [0.29, 0.717) is 0 Å². The van der Waals surface area contributed by atoms with Gasteiger partial charge in [-0.15, -0.1) is 12.4 Å². The summed E-state index contributed by atoms with van der Waals surface area (Å²) in [5.74, 6) is 0. The number of fused-ring (bicyclic) bond motifs is 1. The molecule has 4 N–H and O–H groups in total. The van der Waals surface area contributed by atoms with E-state index in [0.717, 1.165) is 25.9 Å². The van der Waals surface area contributed by atoms with Crippen LogP contribution in [0.3, 0.4) is 0 Å². The maximum absolute atomic E-state index is 6.37. The van der Waals surface area contributed by atoms with Gasteiger partial charge in [-0.3, -0.25) is 0 Å². The summed E-state index contributed by atoms with van der Waals surface area (Å²) in [6.07, 6.45) is 2.23. The minimum atomic E-state index is 0. The molecule has 4 heteroatoms. The van der Waals surface area contributed by atoms with Crippen LogP contribution >= 0.6 is 12.4 Å². The molecule has 88 valence electrons. The quantitative estimate of drug-likeness (QED) is 0.646. The average molecular weight is 240 g/mol. The zero-order valence-electron chi connectivity index (χ0n) is 9.20. The Morgan fingerprint density at radius 3 is 2.56 bits per heavy atom. The van der Waals surface area contributed by atoms with E-state index in [2.05, 4.69) is 34.9 Å². The fraction of sp³-hybridized carbons (Fsp3) is 0.500. The SMILES string of the molecule is Cl.N[C@@H]1c2ccccc2NC12CCNCC2. The topological polar surface area (TPSA) is 50.1 Å². The molecule has 0 bridgehead atoms. The van der Waals surface area contributed by atoms with Crippen molar-refractivity contribution in [3.8, 4) is 0 Å². The molecule has 2 heterocycles. The lowest BCUT2D eigenvalue weighted by atomic mass is 9.82. The van der Waals surface area contributed by atoms with Gasteiger partial charge in [0.05, 0.1) is 11.6 Å². The van der Waals surface area contributed by atoms with Gasteiger partial charge in [0.15, 0.2) is 0 Å². The molecule has 0 unspecified atom stereocenters. The Hall–Kier alpha value is -0.770. The van der Waals surface area contributed by atoms with E-state index >= 15 is 0 Å². The molecule has 2 aliphatic heterocycles. The van der Waals surface area contributed by atoms with Crippen molar-refractivity contribution in [3.63, 3.8) is 0 Å². The highest BCUT2D eigenvalue weighted by molar-refractivity contribution is 5.85. The van der Waals surface area contributed by atoms with Crippen molar-refractivity contribution < 1.29 is 0 Å². The molecule has 0 saturated carbocycles. The van der Waals surface area contributed by atoms with Crippen LogP contribution in [0.15, 0.2) is 24.3 Å². The van der Waals surface area contributed by atoms with Crippen molar-refractivity contribution in [2.75, 3.05) is 18.4 Å². The third-order valence-corrected chi connectivity index (χ3v) is 3.77. The molecule has 1 aromatic carbocycles. The van der Waals surface area contributed by atoms with Crippen molar-refractivity contribution in [2.24, 2.45) is 5.73 Å². The van der Waals surface area contributed by atoms with Gasteiger partial charge in [-0.1, -0.05) is 18.2 Å². The number of hydrogen-bond acceptors (Lipinski definition) is 3. The van der Waals surface area contributed by atoms with Gasteiger partial charge < -0.3 is 16.4 Å². The number of piperidine rings is 1. The van der Waals surface area contributed by atoms with E-state index in [1.807, 2.05) is 0 Å². The largest absolute Gasteiger partial charge is 0.377 e. The third-order valence-electron chi connectivity index (χ3n) is 3.77. The smallest absolute Gasteiger partial charge is 0.0591 e. The van der Waals surface area contributed by atoms with Crippen LogP contribution in [0.25, 0.3) is 0 Å². The lowest BCUT2D eigenvalue weighted by Gasteiger charge is -2.38. The summed E-state index contributed by atoms with van der Waals surface area (Å²) in [6, 6.07) is 8.56. The molecule has 0 aromatic heterocycles. The van der Waals surface area contributed by atoms with Gasteiger partial charge in [0, 0.05) is 5.69 Å². The standard InChI is InChI=1S/C12H17N3.ClH/c13-11-9-3-1-2-4-10(9)15-12(11)5-7-14-8-6-12;/h1-4,11,14-15H,5-8,13H2;1H/t11-;/m1./s1. The highest BCUT2D eigenvalue weighted by Crippen LogP contribution is 2.43. The zero-order chi connectivity index (χ0) is 10.3. The molecule has 1 fully saturated rings. The summed E-state index contributed by atoms with van der Waals surface area (Å²) in [7, 11) is 0. The van der Waals surface area contributed by atoms with E-state index in [9.17, 15) is 0 Å². The number of benzene rings is 1. The van der Waals surface area contributed by atoms with Crippen LogP contribution in [-0.2, 0) is 0 Å². The van der Waals surface area contributed by atoms with Gasteiger partial charge in [0.25, 0.3) is 0 Å². The number of anilines is 1. The predicted molar refractivity (Wildman–Crippen MR) is 69.1 cm³/mol. The number of rotatable bonds is 0. The van der Waals surface area contributed by atoms with Gasteiger partial charge in [-0.05, 0) is 37.6 Å². The first-order valence-electron chi connectivity index (χ1n) is 5.65. The number of halogens is 1. The Morgan fingerprint density at radius 2 is 1.88 bits per heavy atom. The lowest BCUT2D eigenvalue weighted by molar-refractivity contribution is 0.302. The van der Waals surface area contributed by atoms with Crippen molar-refractivity contribution >= 4 is 18.1 Å². The summed E-state index contributed by atoms with van der Waals surface area (Å²) in [4.78, 5) is 0. The van der Waals surface area contributed by atoms with Gasteiger partial charge >= 0.3 is 0 Å². The molecule has 1 saturated heterocycles. The van der Waals surface area contributed by atoms with Gasteiger partial charge in [0.1, 0.15) is 0 Å². The second-order valence-electron chi connectivity index (χ2n) is 4.60. The van der Waals surface area contributed by atoms with Crippen molar-refractivity contribution in [2.45, 2.75) is 24.4 Å². The number of nitrogens with one attached hydrogen (secondary N) is 2. The van der Waals surface area contributed by atoms with E-state index in [-0.39, 0.29) is 24.0 Å². The highest BCUT2D eigenvalue weighted by Gasteiger charge is 2.44. The number of nitrogens with two attached hydrogens (primary N) is 1. The molecule has 1 spiro atoms. The summed E-state index contributed by atoms with van der Waals surface area (Å²) in [5.41, 5.74) is 8.98. The predicted octanol–water partition coefficient (Wildman–Crippen LogP) is 1.66. The molecule has 0 aliphatic carbocycles. The average Bonchev–Trinajstić information content (AvgIpc) is 2.54. The van der Waals surface area contributed by atoms with E-state index in [1.54, 1.807) is 0 Å². The van der Waals surface area contributed by atoms with Crippen LogP contribution < -0.4 is 16.4 Å². The lowest BCUT2D eigenvalue weighted by Crippen LogP contribution is -2.51. The van der Waals surface area contributed by atoms with Crippen LogP contribution in [0.4, 0.5) is 5.69 Å². The second-order valence-corrected chi connectivity index (χ2v) is 4.60. The fourth-order valence-electron chi connectivity index (χ4n) is 2.83. The molecule has 1 aromatic rings. The first kappa shape index (κ1) is 11.7. The van der Waals surface area contributed by atoms with Crippen molar-refractivity contribution in [1.29, 1.82) is 0 Å². The Kier molecular flexibility index (Phi) is 3.10. The highest BCUT2D eigenvalue weighted by atomic mass is 35.5. The Morgan fingerprint density at radius 1 is 1.19 bits per heavy atom. The van der Waals surface area contributed by atoms with Crippen LogP contribution in [0.2, 0.25) is 0 Å². The summed E-state index contributed by atoms with van der Waals surface area (Å²) >= 11 is 0. The van der Waals surface area contributed by atoms with Crippen LogP contribution in [-0.4, -0.2) is 18.6 Å². The molecular formula is C12H18ClN3. The fourth-order valence-corrected chi connectivity index (χ4v) is 2.83. The maximum atomic E-state index is 6.37. The van der Waals surface area contributed by atoms with Crippen LogP contribution in [0.5, 0.6) is 0 Å². The number of hydrogen-bond donors (Lipinski definition) is 3. The Labute approximate surface area is 102 Å². The summed E-state index contributed by atoms with van der Waals surface area (Å²) in [6.45, 7) is 2.13. The molecule has 3 nitrogen and oxygen atoms in total. The molecule has 2 aliphatic rings. The minimum absolute atomic E-state index is 0. The first-order chi connectivity index (χ1) is 7.32. The van der Waals surface area contributed by atoms with Crippen molar-refractivity contribution in [3.05, 3.63) is 29.8 Å². The molecule has 0 radical (unpaired) electrons. The van der Waals surface area contributed by atoms with Crippen molar-refractivity contribution in [1.82, 2.24) is 5.32 Å². The van der Waals surface area contributed by atoms with Gasteiger partial charge in [-0.25, -0.2) is 0 Å². The first-order valence-corrected chi connectivity index (χ1v) is 5.65. The normalized spacial score (nSPS) is 25.7. The van der Waals surface area contributed by atoms with E-state index in [1.165, 1.54) is 11.3 Å². The zero-order valence-corrected chi connectivity index (χ0v) is 10.0. The van der Waals surface area contributed by atoms with Gasteiger partial charge in [0.2, 0.25) is 0 Å².